The normalized spacial score (nSPS) is 20.2. The van der Waals surface area contributed by atoms with E-state index in [1.54, 1.807) is 0 Å². The predicted molar refractivity (Wildman–Crippen MR) is 73.7 cm³/mol. The van der Waals surface area contributed by atoms with Crippen LogP contribution < -0.4 is 10.2 Å². The second kappa shape index (κ2) is 5.17. The first kappa shape index (κ1) is 15.5. The Morgan fingerprint density at radius 2 is 1.75 bits per heavy atom. The van der Waals surface area contributed by atoms with Crippen LogP contribution in [-0.4, -0.2) is 25.2 Å². The summed E-state index contributed by atoms with van der Waals surface area (Å²) in [6, 6.07) is 2.82. The molecule has 1 aromatic rings. The molecule has 1 aliphatic rings. The topological polar surface area (TPSA) is 27.7 Å². The maximum absolute atomic E-state index is 14.2. The highest BCUT2D eigenvalue weighted by molar-refractivity contribution is 6.62. The summed E-state index contributed by atoms with van der Waals surface area (Å²) in [5.74, 6) is -0.775. The van der Waals surface area contributed by atoms with Crippen molar-refractivity contribution in [2.24, 2.45) is 0 Å². The maximum atomic E-state index is 14.2. The summed E-state index contributed by atoms with van der Waals surface area (Å²) in [6.45, 7) is 6.40. The quantitative estimate of drug-likeness (QED) is 0.803. The van der Waals surface area contributed by atoms with Crippen molar-refractivity contribution in [1.82, 2.24) is 0 Å². The zero-order chi connectivity index (χ0) is 15.1. The van der Waals surface area contributed by atoms with Crippen LogP contribution in [0.2, 0.25) is 5.02 Å². The average Bonchev–Trinajstić information content (AvgIpc) is 2.55. The molecule has 0 radical (unpaired) electrons. The number of ether oxygens (including phenoxy) is 1. The minimum Gasteiger partial charge on any atom is -0.461 e. The Morgan fingerprint density at radius 1 is 1.20 bits per heavy atom. The zero-order valence-corrected chi connectivity index (χ0v) is 12.6. The Balaban J connectivity index is 2.34. The Hall–Kier alpha value is -0.845. The molecule has 1 fully saturated rings. The van der Waals surface area contributed by atoms with Crippen LogP contribution in [0.25, 0.3) is 0 Å². The Labute approximate surface area is 122 Å². The molecule has 1 heterocycles. The van der Waals surface area contributed by atoms with Crippen LogP contribution in [0.15, 0.2) is 12.1 Å². The third-order valence-electron chi connectivity index (χ3n) is 3.79. The number of hydrogen-bond donors (Lipinski definition) is 0. The lowest BCUT2D eigenvalue weighted by Crippen LogP contribution is -2.41. The van der Waals surface area contributed by atoms with Gasteiger partial charge in [0.05, 0.1) is 11.2 Å². The van der Waals surface area contributed by atoms with E-state index >= 15 is 0 Å². The van der Waals surface area contributed by atoms with Gasteiger partial charge in [-0.25, -0.2) is 8.78 Å². The Bertz CT molecular complexity index is 507. The SMILES string of the molecule is CC1(C)OB(c2ccc(OCF)c(Cl)c2F)OC1(C)C. The summed E-state index contributed by atoms with van der Waals surface area (Å²) in [4.78, 5) is 0. The van der Waals surface area contributed by atoms with Gasteiger partial charge in [0.25, 0.3) is 0 Å². The third-order valence-corrected chi connectivity index (χ3v) is 4.15. The molecule has 0 amide bonds. The van der Waals surface area contributed by atoms with Gasteiger partial charge in [0, 0.05) is 5.46 Å². The Morgan fingerprint density at radius 3 is 2.25 bits per heavy atom. The van der Waals surface area contributed by atoms with Gasteiger partial charge in [-0.3, -0.25) is 0 Å². The number of alkyl halides is 1. The monoisotopic (exact) mass is 304 g/mol. The molecular formula is C13H16BClF2O3. The van der Waals surface area contributed by atoms with E-state index in [2.05, 4.69) is 4.74 Å². The average molecular weight is 305 g/mol. The van der Waals surface area contributed by atoms with E-state index in [0.29, 0.717) is 0 Å². The second-order valence-corrected chi connectivity index (χ2v) is 6.00. The van der Waals surface area contributed by atoms with Crippen molar-refractivity contribution >= 4 is 24.2 Å². The van der Waals surface area contributed by atoms with E-state index in [1.165, 1.54) is 12.1 Å². The molecule has 20 heavy (non-hydrogen) atoms. The molecule has 1 saturated heterocycles. The fraction of sp³-hybridized carbons (Fsp3) is 0.538. The molecule has 110 valence electrons. The number of halogens is 3. The number of rotatable bonds is 3. The molecule has 1 aromatic carbocycles. The maximum Gasteiger partial charge on any atom is 0.497 e. The number of benzene rings is 1. The lowest BCUT2D eigenvalue weighted by Gasteiger charge is -2.32. The van der Waals surface area contributed by atoms with E-state index in [9.17, 15) is 8.78 Å². The molecule has 1 aliphatic heterocycles. The van der Waals surface area contributed by atoms with E-state index in [4.69, 9.17) is 20.9 Å². The van der Waals surface area contributed by atoms with Gasteiger partial charge in [-0.1, -0.05) is 17.7 Å². The van der Waals surface area contributed by atoms with Gasteiger partial charge in [0.1, 0.15) is 16.6 Å². The van der Waals surface area contributed by atoms with E-state index in [-0.39, 0.29) is 16.2 Å². The second-order valence-electron chi connectivity index (χ2n) is 5.62. The lowest BCUT2D eigenvalue weighted by atomic mass is 9.78. The molecule has 7 heteroatoms. The molecule has 0 unspecified atom stereocenters. The summed E-state index contributed by atoms with van der Waals surface area (Å²) in [7, 11) is -0.864. The molecule has 2 rings (SSSR count). The summed E-state index contributed by atoms with van der Waals surface area (Å²) in [5.41, 5.74) is -0.991. The molecule has 0 bridgehead atoms. The Kier molecular flexibility index (Phi) is 4.02. The molecule has 0 aliphatic carbocycles. The fourth-order valence-corrected chi connectivity index (χ4v) is 2.10. The van der Waals surface area contributed by atoms with Crippen molar-refractivity contribution in [3.05, 3.63) is 23.0 Å². The van der Waals surface area contributed by atoms with Crippen LogP contribution in [0.5, 0.6) is 5.75 Å². The third kappa shape index (κ3) is 2.52. The predicted octanol–water partition coefficient (Wildman–Crippen LogP) is 3.08. The van der Waals surface area contributed by atoms with Crippen molar-refractivity contribution in [2.45, 2.75) is 38.9 Å². The van der Waals surface area contributed by atoms with Gasteiger partial charge in [0.2, 0.25) is 6.86 Å². The smallest absolute Gasteiger partial charge is 0.461 e. The first-order chi connectivity index (χ1) is 9.19. The van der Waals surface area contributed by atoms with Crippen molar-refractivity contribution in [2.75, 3.05) is 6.86 Å². The minimum absolute atomic E-state index is 0.0491. The highest BCUT2D eigenvalue weighted by Crippen LogP contribution is 2.37. The first-order valence-electron chi connectivity index (χ1n) is 6.22. The van der Waals surface area contributed by atoms with Gasteiger partial charge in [-0.05, 0) is 33.8 Å². The fourth-order valence-electron chi connectivity index (χ4n) is 1.87. The summed E-state index contributed by atoms with van der Waals surface area (Å²) >= 11 is 5.82. The van der Waals surface area contributed by atoms with Gasteiger partial charge >= 0.3 is 7.12 Å². The van der Waals surface area contributed by atoms with Crippen LogP contribution in [0.3, 0.4) is 0 Å². The highest BCUT2D eigenvalue weighted by atomic mass is 35.5. The minimum atomic E-state index is -1.07. The standard InChI is InChI=1S/C13H16BClF2O3/c1-12(2)13(3,4)20-14(19-12)8-5-6-9(18-7-16)10(15)11(8)17/h5-6H,7H2,1-4H3. The highest BCUT2D eigenvalue weighted by Gasteiger charge is 2.52. The van der Waals surface area contributed by atoms with Crippen LogP contribution >= 0.6 is 11.6 Å². The van der Waals surface area contributed by atoms with Gasteiger partial charge in [-0.2, -0.15) is 0 Å². The van der Waals surface area contributed by atoms with Crippen molar-refractivity contribution in [1.29, 1.82) is 0 Å². The number of hydrogen-bond acceptors (Lipinski definition) is 3. The molecule has 0 N–H and O–H groups in total. The van der Waals surface area contributed by atoms with Crippen LogP contribution in [-0.2, 0) is 9.31 Å². The molecule has 3 nitrogen and oxygen atoms in total. The molecule has 0 spiro atoms. The summed E-state index contributed by atoms with van der Waals surface area (Å²) < 4.78 is 42.5. The molecule has 0 saturated carbocycles. The van der Waals surface area contributed by atoms with Gasteiger partial charge in [-0.15, -0.1) is 0 Å². The molecular weight excluding hydrogens is 288 g/mol. The first-order valence-corrected chi connectivity index (χ1v) is 6.60. The lowest BCUT2D eigenvalue weighted by molar-refractivity contribution is 0.00578. The van der Waals surface area contributed by atoms with E-state index in [0.717, 1.165) is 0 Å². The van der Waals surface area contributed by atoms with Crippen LogP contribution in [0.1, 0.15) is 27.7 Å². The van der Waals surface area contributed by atoms with Gasteiger partial charge in [0.15, 0.2) is 0 Å². The van der Waals surface area contributed by atoms with Crippen molar-refractivity contribution in [3.63, 3.8) is 0 Å². The largest absolute Gasteiger partial charge is 0.497 e. The van der Waals surface area contributed by atoms with Crippen molar-refractivity contribution < 1.29 is 22.8 Å². The summed E-state index contributed by atoms with van der Waals surface area (Å²) in [6.07, 6.45) is 0. The van der Waals surface area contributed by atoms with Gasteiger partial charge < -0.3 is 14.0 Å². The molecule has 0 aromatic heterocycles. The summed E-state index contributed by atoms with van der Waals surface area (Å²) in [5, 5.41) is -0.283. The van der Waals surface area contributed by atoms with Crippen LogP contribution in [0, 0.1) is 5.82 Å². The zero-order valence-electron chi connectivity index (χ0n) is 11.8. The van der Waals surface area contributed by atoms with Crippen LogP contribution in [0.4, 0.5) is 8.78 Å². The molecule has 0 atom stereocenters. The van der Waals surface area contributed by atoms with Crippen molar-refractivity contribution in [3.8, 4) is 5.75 Å². The van der Waals surface area contributed by atoms with E-state index < -0.39 is 31.0 Å². The van der Waals surface area contributed by atoms with E-state index in [1.807, 2.05) is 27.7 Å².